The third-order valence-electron chi connectivity index (χ3n) is 3.00. The molecule has 0 atom stereocenters. The maximum absolute atomic E-state index is 11.9. The number of hydrogen-bond acceptors (Lipinski definition) is 7. The van der Waals surface area contributed by atoms with Crippen molar-refractivity contribution >= 4 is 28.6 Å². The summed E-state index contributed by atoms with van der Waals surface area (Å²) in [4.78, 5) is 35.6. The van der Waals surface area contributed by atoms with E-state index in [2.05, 4.69) is 5.32 Å². The van der Waals surface area contributed by atoms with Crippen molar-refractivity contribution in [2.24, 2.45) is 0 Å². The zero-order valence-corrected chi connectivity index (χ0v) is 13.3. The molecule has 1 N–H and O–H groups in total. The molecule has 0 radical (unpaired) electrons. The molecule has 0 aliphatic rings. The fraction of sp³-hybridized carbons (Fsp3) is 0.235. The molecule has 2 rings (SSSR count). The van der Waals surface area contributed by atoms with E-state index in [1.165, 1.54) is 0 Å². The molecule has 1 heterocycles. The van der Waals surface area contributed by atoms with Crippen LogP contribution < -0.4 is 10.9 Å². The normalized spacial score (nSPS) is 10.1. The molecule has 2 aromatic rings. The van der Waals surface area contributed by atoms with Crippen molar-refractivity contribution in [3.8, 4) is 0 Å². The fourth-order valence-corrected chi connectivity index (χ4v) is 1.93. The van der Waals surface area contributed by atoms with Crippen LogP contribution in [0.25, 0.3) is 11.0 Å². The van der Waals surface area contributed by atoms with E-state index in [0.717, 1.165) is 6.20 Å². The van der Waals surface area contributed by atoms with Gasteiger partial charge in [0.25, 0.3) is 0 Å². The van der Waals surface area contributed by atoms with E-state index in [4.69, 9.17) is 13.9 Å². The van der Waals surface area contributed by atoms with Crippen LogP contribution >= 0.6 is 0 Å². The number of anilines is 1. The molecule has 0 saturated heterocycles. The Balaban J connectivity index is 2.33. The van der Waals surface area contributed by atoms with Crippen molar-refractivity contribution in [1.82, 2.24) is 0 Å². The van der Waals surface area contributed by atoms with Crippen LogP contribution in [0, 0.1) is 0 Å². The van der Waals surface area contributed by atoms with Gasteiger partial charge < -0.3 is 19.2 Å². The molecule has 0 bridgehead atoms. The van der Waals surface area contributed by atoms with Gasteiger partial charge in [-0.05, 0) is 26.0 Å². The second-order valence-electron chi connectivity index (χ2n) is 4.63. The summed E-state index contributed by atoms with van der Waals surface area (Å²) in [6.45, 7) is 3.44. The minimum atomic E-state index is -0.839. The van der Waals surface area contributed by atoms with E-state index in [0.29, 0.717) is 11.0 Å². The third-order valence-corrected chi connectivity index (χ3v) is 3.00. The highest BCUT2D eigenvalue weighted by atomic mass is 16.6. The van der Waals surface area contributed by atoms with E-state index in [1.807, 2.05) is 0 Å². The average Bonchev–Trinajstić information content (AvgIpc) is 2.56. The number of nitrogens with one attached hydrogen (secondary N) is 1. The van der Waals surface area contributed by atoms with E-state index in [1.54, 1.807) is 44.2 Å². The van der Waals surface area contributed by atoms with Crippen LogP contribution in [0.5, 0.6) is 0 Å². The molecule has 0 aliphatic heterocycles. The Labute approximate surface area is 137 Å². The zero-order valence-electron chi connectivity index (χ0n) is 13.3. The van der Waals surface area contributed by atoms with Gasteiger partial charge >= 0.3 is 17.6 Å². The van der Waals surface area contributed by atoms with Crippen molar-refractivity contribution in [1.29, 1.82) is 0 Å². The predicted molar refractivity (Wildman–Crippen MR) is 87.5 cm³/mol. The highest BCUT2D eigenvalue weighted by Crippen LogP contribution is 2.15. The zero-order chi connectivity index (χ0) is 17.5. The largest absolute Gasteiger partial charge is 0.462 e. The first-order valence-electron chi connectivity index (χ1n) is 7.40. The highest BCUT2D eigenvalue weighted by molar-refractivity contribution is 6.14. The van der Waals surface area contributed by atoms with Crippen molar-refractivity contribution in [3.05, 3.63) is 52.5 Å². The summed E-state index contributed by atoms with van der Waals surface area (Å²) in [6.07, 6.45) is 1.08. The van der Waals surface area contributed by atoms with Crippen LogP contribution in [0.3, 0.4) is 0 Å². The number of esters is 2. The molecule has 0 unspecified atom stereocenters. The lowest BCUT2D eigenvalue weighted by molar-refractivity contribution is -0.146. The number of ether oxygens (including phenoxy) is 2. The highest BCUT2D eigenvalue weighted by Gasteiger charge is 2.21. The molecule has 1 aromatic heterocycles. The fourth-order valence-electron chi connectivity index (χ4n) is 1.93. The van der Waals surface area contributed by atoms with Crippen LogP contribution in [0.2, 0.25) is 0 Å². The summed E-state index contributed by atoms with van der Waals surface area (Å²) in [6, 6.07) is 8.54. The standard InChI is InChI=1S/C17H17NO6/c1-3-22-15(19)12(16(20)23-4-2)10-18-13-9-11-7-5-6-8-14(11)24-17(13)21/h5-10,18H,3-4H2,1-2H3. The molecule has 0 saturated carbocycles. The van der Waals surface area contributed by atoms with Crippen LogP contribution in [0.1, 0.15) is 13.8 Å². The topological polar surface area (TPSA) is 94.8 Å². The molecule has 126 valence electrons. The number of carbonyl (C=O) groups is 2. The summed E-state index contributed by atoms with van der Waals surface area (Å²) < 4.78 is 14.8. The minimum absolute atomic E-state index is 0.0831. The Bertz CT molecular complexity index is 816. The molecular weight excluding hydrogens is 314 g/mol. The summed E-state index contributed by atoms with van der Waals surface area (Å²) >= 11 is 0. The average molecular weight is 331 g/mol. The first kappa shape index (κ1) is 17.3. The van der Waals surface area contributed by atoms with Gasteiger partial charge in [-0.15, -0.1) is 0 Å². The third kappa shape index (κ3) is 4.01. The number of para-hydroxylation sites is 1. The van der Waals surface area contributed by atoms with Gasteiger partial charge in [0.1, 0.15) is 11.3 Å². The molecule has 7 heteroatoms. The van der Waals surface area contributed by atoms with Crippen LogP contribution in [0.4, 0.5) is 5.69 Å². The van der Waals surface area contributed by atoms with E-state index in [9.17, 15) is 14.4 Å². The lowest BCUT2D eigenvalue weighted by Gasteiger charge is -2.07. The minimum Gasteiger partial charge on any atom is -0.462 e. The molecule has 0 spiro atoms. The number of benzene rings is 1. The molecule has 24 heavy (non-hydrogen) atoms. The van der Waals surface area contributed by atoms with Crippen LogP contribution in [-0.4, -0.2) is 25.2 Å². The van der Waals surface area contributed by atoms with Gasteiger partial charge in [-0.3, -0.25) is 0 Å². The van der Waals surface area contributed by atoms with E-state index in [-0.39, 0.29) is 24.5 Å². The molecule has 1 aromatic carbocycles. The van der Waals surface area contributed by atoms with Crippen molar-refractivity contribution in [2.45, 2.75) is 13.8 Å². The second kappa shape index (κ2) is 7.96. The van der Waals surface area contributed by atoms with Gasteiger partial charge in [-0.25, -0.2) is 14.4 Å². The molecule has 7 nitrogen and oxygen atoms in total. The Morgan fingerprint density at radius 2 is 1.75 bits per heavy atom. The number of fused-ring (bicyclic) bond motifs is 1. The Morgan fingerprint density at radius 1 is 1.12 bits per heavy atom. The second-order valence-corrected chi connectivity index (χ2v) is 4.63. The van der Waals surface area contributed by atoms with Gasteiger partial charge in [0.15, 0.2) is 5.57 Å². The van der Waals surface area contributed by atoms with Crippen molar-refractivity contribution in [2.75, 3.05) is 18.5 Å². The van der Waals surface area contributed by atoms with E-state index < -0.39 is 17.6 Å². The van der Waals surface area contributed by atoms with Gasteiger partial charge in [-0.1, -0.05) is 18.2 Å². The number of rotatable bonds is 6. The smallest absolute Gasteiger partial charge is 0.360 e. The van der Waals surface area contributed by atoms with Gasteiger partial charge in [0.2, 0.25) is 0 Å². The predicted octanol–water partition coefficient (Wildman–Crippen LogP) is 2.21. The van der Waals surface area contributed by atoms with Crippen LogP contribution in [0.15, 0.2) is 51.3 Å². The summed E-state index contributed by atoms with van der Waals surface area (Å²) in [5, 5.41) is 3.31. The molecule has 0 aliphatic carbocycles. The molecule has 0 amide bonds. The monoisotopic (exact) mass is 331 g/mol. The SMILES string of the molecule is CCOC(=O)C(=CNc1cc2ccccc2oc1=O)C(=O)OCC. The lowest BCUT2D eigenvalue weighted by Crippen LogP contribution is -2.20. The van der Waals surface area contributed by atoms with Gasteiger partial charge in [0, 0.05) is 11.6 Å². The number of hydrogen-bond donors (Lipinski definition) is 1. The lowest BCUT2D eigenvalue weighted by atomic mass is 10.2. The Morgan fingerprint density at radius 3 is 2.38 bits per heavy atom. The van der Waals surface area contributed by atoms with E-state index >= 15 is 0 Å². The quantitative estimate of drug-likeness (QED) is 0.285. The molecule has 0 fully saturated rings. The van der Waals surface area contributed by atoms with Gasteiger partial charge in [-0.2, -0.15) is 0 Å². The van der Waals surface area contributed by atoms with Crippen molar-refractivity contribution in [3.63, 3.8) is 0 Å². The van der Waals surface area contributed by atoms with Crippen molar-refractivity contribution < 1.29 is 23.5 Å². The number of carbonyl (C=O) groups excluding carboxylic acids is 2. The summed E-state index contributed by atoms with van der Waals surface area (Å²) in [7, 11) is 0. The van der Waals surface area contributed by atoms with Crippen LogP contribution in [-0.2, 0) is 19.1 Å². The Hall–Kier alpha value is -3.09. The first-order valence-corrected chi connectivity index (χ1v) is 7.40. The maximum atomic E-state index is 11.9. The Kier molecular flexibility index (Phi) is 5.73. The molecular formula is C17H17NO6. The summed E-state index contributed by atoms with van der Waals surface area (Å²) in [5.41, 5.74) is -0.448. The van der Waals surface area contributed by atoms with Gasteiger partial charge in [0.05, 0.1) is 13.2 Å². The summed E-state index contributed by atoms with van der Waals surface area (Å²) in [5.74, 6) is -1.68. The maximum Gasteiger partial charge on any atom is 0.360 e. The first-order chi connectivity index (χ1) is 11.6.